The van der Waals surface area contributed by atoms with Crippen molar-refractivity contribution in [1.29, 1.82) is 5.26 Å². The van der Waals surface area contributed by atoms with Gasteiger partial charge in [0, 0.05) is 19.3 Å². The van der Waals surface area contributed by atoms with Crippen LogP contribution in [0.3, 0.4) is 0 Å². The first kappa shape index (κ1) is 18.6. The van der Waals surface area contributed by atoms with Crippen LogP contribution in [0.5, 0.6) is 5.75 Å². The SMILES string of the molecule is CCCCN(/C=C(/C#N)C(=O)Nc1ccccc1OC)CCC. The summed E-state index contributed by atoms with van der Waals surface area (Å²) in [7, 11) is 1.54. The van der Waals surface area contributed by atoms with Crippen LogP contribution in [0.2, 0.25) is 0 Å². The number of hydrogen-bond donors (Lipinski definition) is 1. The van der Waals surface area contributed by atoms with E-state index in [1.807, 2.05) is 17.0 Å². The van der Waals surface area contributed by atoms with Gasteiger partial charge in [0.05, 0.1) is 12.8 Å². The number of anilines is 1. The highest BCUT2D eigenvalue weighted by atomic mass is 16.5. The van der Waals surface area contributed by atoms with Gasteiger partial charge in [-0.1, -0.05) is 32.4 Å². The van der Waals surface area contributed by atoms with Crippen molar-refractivity contribution in [2.75, 3.05) is 25.5 Å². The van der Waals surface area contributed by atoms with Crippen LogP contribution in [0.25, 0.3) is 0 Å². The molecule has 0 aromatic heterocycles. The number of carbonyl (C=O) groups is 1. The van der Waals surface area contributed by atoms with Gasteiger partial charge in [-0.05, 0) is 25.0 Å². The second kappa shape index (κ2) is 10.3. The van der Waals surface area contributed by atoms with Crippen LogP contribution in [0.15, 0.2) is 36.0 Å². The largest absolute Gasteiger partial charge is 0.495 e. The van der Waals surface area contributed by atoms with Gasteiger partial charge in [-0.2, -0.15) is 5.26 Å². The van der Waals surface area contributed by atoms with Gasteiger partial charge in [0.15, 0.2) is 0 Å². The summed E-state index contributed by atoms with van der Waals surface area (Å²) >= 11 is 0. The van der Waals surface area contributed by atoms with E-state index in [4.69, 9.17) is 4.74 Å². The molecule has 0 saturated heterocycles. The average molecular weight is 315 g/mol. The number of amides is 1. The Balaban J connectivity index is 2.88. The topological polar surface area (TPSA) is 65.4 Å². The maximum atomic E-state index is 12.3. The van der Waals surface area contributed by atoms with E-state index in [2.05, 4.69) is 19.2 Å². The molecule has 0 bridgehead atoms. The number of carbonyl (C=O) groups excluding carboxylic acids is 1. The lowest BCUT2D eigenvalue weighted by molar-refractivity contribution is -0.112. The van der Waals surface area contributed by atoms with Crippen molar-refractivity contribution in [3.8, 4) is 11.8 Å². The summed E-state index contributed by atoms with van der Waals surface area (Å²) in [5.74, 6) is 0.143. The number of hydrogen-bond acceptors (Lipinski definition) is 4. The van der Waals surface area contributed by atoms with E-state index < -0.39 is 5.91 Å². The molecule has 0 aliphatic heterocycles. The summed E-state index contributed by atoms with van der Waals surface area (Å²) in [5.41, 5.74) is 0.650. The Morgan fingerprint density at radius 2 is 2.04 bits per heavy atom. The zero-order valence-electron chi connectivity index (χ0n) is 14.1. The van der Waals surface area contributed by atoms with E-state index >= 15 is 0 Å². The van der Waals surface area contributed by atoms with Crippen molar-refractivity contribution in [3.05, 3.63) is 36.0 Å². The van der Waals surface area contributed by atoms with Gasteiger partial charge in [-0.25, -0.2) is 0 Å². The summed E-state index contributed by atoms with van der Waals surface area (Å²) in [4.78, 5) is 14.4. The minimum atomic E-state index is -0.422. The lowest BCUT2D eigenvalue weighted by Crippen LogP contribution is -2.23. The van der Waals surface area contributed by atoms with Gasteiger partial charge < -0.3 is 15.0 Å². The highest BCUT2D eigenvalue weighted by Crippen LogP contribution is 2.23. The van der Waals surface area contributed by atoms with E-state index in [0.717, 1.165) is 32.4 Å². The standard InChI is InChI=1S/C18H25N3O2/c1-4-6-12-21(11-5-2)14-15(13-19)18(22)20-16-9-7-8-10-17(16)23-3/h7-10,14H,4-6,11-12H2,1-3H3,(H,20,22)/b15-14-. The fourth-order valence-corrected chi connectivity index (χ4v) is 2.15. The van der Waals surface area contributed by atoms with Crippen molar-refractivity contribution in [1.82, 2.24) is 4.90 Å². The number of nitrogens with one attached hydrogen (secondary N) is 1. The lowest BCUT2D eigenvalue weighted by atomic mass is 10.2. The van der Waals surface area contributed by atoms with Gasteiger partial charge in [0.25, 0.3) is 5.91 Å². The lowest BCUT2D eigenvalue weighted by Gasteiger charge is -2.20. The Bertz CT molecular complexity index is 576. The normalized spacial score (nSPS) is 10.8. The third kappa shape index (κ3) is 6.03. The van der Waals surface area contributed by atoms with Crippen molar-refractivity contribution >= 4 is 11.6 Å². The number of methoxy groups -OCH3 is 1. The molecule has 1 aromatic carbocycles. The predicted molar refractivity (Wildman–Crippen MR) is 92.1 cm³/mol. The predicted octanol–water partition coefficient (Wildman–Crippen LogP) is 3.55. The minimum absolute atomic E-state index is 0.0976. The van der Waals surface area contributed by atoms with E-state index in [9.17, 15) is 10.1 Å². The first-order valence-corrected chi connectivity index (χ1v) is 7.96. The molecule has 0 radical (unpaired) electrons. The van der Waals surface area contributed by atoms with E-state index in [1.54, 1.807) is 31.5 Å². The van der Waals surface area contributed by atoms with Crippen LogP contribution in [-0.2, 0) is 4.79 Å². The van der Waals surface area contributed by atoms with Gasteiger partial charge in [0.1, 0.15) is 17.4 Å². The molecule has 1 N–H and O–H groups in total. The van der Waals surface area contributed by atoms with Crippen LogP contribution >= 0.6 is 0 Å². The molecule has 1 rings (SSSR count). The van der Waals surface area contributed by atoms with Crippen LogP contribution in [0.4, 0.5) is 5.69 Å². The number of nitrogens with zero attached hydrogens (tertiary/aromatic N) is 2. The average Bonchev–Trinajstić information content (AvgIpc) is 2.57. The van der Waals surface area contributed by atoms with Gasteiger partial charge in [-0.15, -0.1) is 0 Å². The van der Waals surface area contributed by atoms with Gasteiger partial charge >= 0.3 is 0 Å². The molecule has 0 heterocycles. The highest BCUT2D eigenvalue weighted by Gasteiger charge is 2.13. The number of benzene rings is 1. The van der Waals surface area contributed by atoms with Crippen LogP contribution in [0.1, 0.15) is 33.1 Å². The molecular weight excluding hydrogens is 290 g/mol. The zero-order chi connectivity index (χ0) is 17.1. The summed E-state index contributed by atoms with van der Waals surface area (Å²) in [6, 6.07) is 9.12. The fraction of sp³-hybridized carbons (Fsp3) is 0.444. The number of ether oxygens (including phenoxy) is 1. The number of unbranched alkanes of at least 4 members (excludes halogenated alkanes) is 1. The van der Waals surface area contributed by atoms with E-state index in [0.29, 0.717) is 11.4 Å². The molecule has 1 aromatic rings. The van der Waals surface area contributed by atoms with Crippen molar-refractivity contribution in [2.45, 2.75) is 33.1 Å². The number of nitriles is 1. The number of para-hydroxylation sites is 2. The van der Waals surface area contributed by atoms with Gasteiger partial charge in [-0.3, -0.25) is 4.79 Å². The maximum absolute atomic E-state index is 12.3. The molecule has 0 aliphatic rings. The quantitative estimate of drug-likeness (QED) is 0.559. The first-order chi connectivity index (χ1) is 11.2. The van der Waals surface area contributed by atoms with Crippen LogP contribution < -0.4 is 10.1 Å². The minimum Gasteiger partial charge on any atom is -0.495 e. The molecule has 0 unspecified atom stereocenters. The van der Waals surface area contributed by atoms with E-state index in [1.165, 1.54) is 0 Å². The third-order valence-corrected chi connectivity index (χ3v) is 3.34. The van der Waals surface area contributed by atoms with E-state index in [-0.39, 0.29) is 5.57 Å². The summed E-state index contributed by atoms with van der Waals surface area (Å²) in [5, 5.41) is 12.0. The smallest absolute Gasteiger partial charge is 0.267 e. The summed E-state index contributed by atoms with van der Waals surface area (Å²) in [6.45, 7) is 5.87. The molecule has 0 atom stereocenters. The molecule has 1 amide bonds. The second-order valence-corrected chi connectivity index (χ2v) is 5.20. The molecule has 0 spiro atoms. The monoisotopic (exact) mass is 315 g/mol. The molecule has 0 saturated carbocycles. The Morgan fingerprint density at radius 3 is 2.65 bits per heavy atom. The van der Waals surface area contributed by atoms with Crippen molar-refractivity contribution < 1.29 is 9.53 Å². The van der Waals surface area contributed by atoms with Crippen LogP contribution in [0, 0.1) is 11.3 Å². The molecule has 124 valence electrons. The second-order valence-electron chi connectivity index (χ2n) is 5.20. The first-order valence-electron chi connectivity index (χ1n) is 7.96. The Hall–Kier alpha value is -2.48. The summed E-state index contributed by atoms with van der Waals surface area (Å²) in [6.07, 6.45) is 4.73. The highest BCUT2D eigenvalue weighted by molar-refractivity contribution is 6.07. The number of rotatable bonds is 9. The Labute approximate surface area is 138 Å². The van der Waals surface area contributed by atoms with Crippen molar-refractivity contribution in [2.24, 2.45) is 0 Å². The fourth-order valence-electron chi connectivity index (χ4n) is 2.15. The molecule has 0 aliphatic carbocycles. The maximum Gasteiger partial charge on any atom is 0.267 e. The van der Waals surface area contributed by atoms with Crippen molar-refractivity contribution in [3.63, 3.8) is 0 Å². The molecule has 5 heteroatoms. The molecule has 5 nitrogen and oxygen atoms in total. The zero-order valence-corrected chi connectivity index (χ0v) is 14.1. The van der Waals surface area contributed by atoms with Crippen LogP contribution in [-0.4, -0.2) is 31.0 Å². The summed E-state index contributed by atoms with van der Waals surface area (Å²) < 4.78 is 5.20. The Kier molecular flexibility index (Phi) is 8.30. The molecular formula is C18H25N3O2. The van der Waals surface area contributed by atoms with Gasteiger partial charge in [0.2, 0.25) is 0 Å². The molecule has 0 fully saturated rings. The third-order valence-electron chi connectivity index (χ3n) is 3.34. The Morgan fingerprint density at radius 1 is 1.30 bits per heavy atom. The molecule has 23 heavy (non-hydrogen) atoms.